The fourth-order valence-electron chi connectivity index (χ4n) is 4.12. The Hall–Kier alpha value is -2.66. The summed E-state index contributed by atoms with van der Waals surface area (Å²) in [5, 5.41) is 13.5. The minimum atomic E-state index is -3.31. The minimum Gasteiger partial charge on any atom is -0.489 e. The first-order chi connectivity index (χ1) is 15.9. The van der Waals surface area contributed by atoms with Gasteiger partial charge in [-0.2, -0.15) is 0 Å². The second kappa shape index (κ2) is 10.5. The Morgan fingerprint density at radius 1 is 1.09 bits per heavy atom. The number of aromatic amines is 2. The van der Waals surface area contributed by atoms with Gasteiger partial charge in [-0.25, -0.2) is 17.5 Å². The quantitative estimate of drug-likeness (QED) is 0.352. The van der Waals surface area contributed by atoms with Gasteiger partial charge in [0, 0.05) is 19.6 Å². The molecule has 1 atom stereocenters. The number of H-pyrrole nitrogens is 2. The van der Waals surface area contributed by atoms with Crippen LogP contribution in [0.2, 0.25) is 0 Å². The Labute approximate surface area is 192 Å². The van der Waals surface area contributed by atoms with Gasteiger partial charge in [0.05, 0.1) is 11.3 Å². The number of hydrogen-bond donors (Lipinski definition) is 4. The minimum absolute atomic E-state index is 0.0350. The molecule has 1 aliphatic rings. The van der Waals surface area contributed by atoms with Crippen LogP contribution < -0.4 is 15.7 Å². The van der Waals surface area contributed by atoms with Crippen LogP contribution in [0.15, 0.2) is 53.3 Å². The number of imidazole rings is 1. The maximum Gasteiger partial charge on any atom is 0.323 e. The zero-order chi connectivity index (χ0) is 23.3. The van der Waals surface area contributed by atoms with Gasteiger partial charge in [0.2, 0.25) is 10.0 Å². The summed E-state index contributed by atoms with van der Waals surface area (Å²) >= 11 is 0. The molecule has 1 fully saturated rings. The van der Waals surface area contributed by atoms with Crippen LogP contribution in [0.1, 0.15) is 18.4 Å². The number of fused-ring (bicyclic) bond motifs is 1. The second-order valence-electron chi connectivity index (χ2n) is 8.47. The molecule has 4 N–H and O–H groups in total. The monoisotopic (exact) mass is 474 g/mol. The van der Waals surface area contributed by atoms with Crippen LogP contribution in [-0.4, -0.2) is 66.7 Å². The van der Waals surface area contributed by atoms with Gasteiger partial charge in [0.1, 0.15) is 24.0 Å². The summed E-state index contributed by atoms with van der Waals surface area (Å²) in [5.74, 6) is 0.904. The van der Waals surface area contributed by atoms with Gasteiger partial charge in [-0.1, -0.05) is 36.4 Å². The molecule has 0 aliphatic carbocycles. The molecule has 178 valence electrons. The molecule has 0 amide bonds. The predicted octanol–water partition coefficient (Wildman–Crippen LogP) is 1.43. The Bertz CT molecular complexity index is 1200. The van der Waals surface area contributed by atoms with Crippen LogP contribution in [0.5, 0.6) is 5.75 Å². The van der Waals surface area contributed by atoms with Gasteiger partial charge in [-0.15, -0.1) is 0 Å². The lowest BCUT2D eigenvalue weighted by Crippen LogP contribution is -2.42. The fourth-order valence-corrected chi connectivity index (χ4v) is 5.68. The van der Waals surface area contributed by atoms with E-state index in [1.165, 1.54) is 0 Å². The highest BCUT2D eigenvalue weighted by Gasteiger charge is 2.28. The van der Waals surface area contributed by atoms with E-state index in [0.717, 1.165) is 18.4 Å². The Morgan fingerprint density at radius 3 is 2.61 bits per heavy atom. The van der Waals surface area contributed by atoms with Crippen LogP contribution in [0.25, 0.3) is 11.0 Å². The van der Waals surface area contributed by atoms with Crippen LogP contribution >= 0.6 is 0 Å². The summed E-state index contributed by atoms with van der Waals surface area (Å²) in [7, 11) is -3.31. The molecule has 10 heteroatoms. The van der Waals surface area contributed by atoms with Crippen molar-refractivity contribution >= 4 is 21.1 Å². The van der Waals surface area contributed by atoms with Crippen molar-refractivity contribution in [1.82, 2.24) is 19.6 Å². The zero-order valence-corrected chi connectivity index (χ0v) is 19.2. The number of para-hydroxylation sites is 1. The van der Waals surface area contributed by atoms with E-state index in [0.29, 0.717) is 48.9 Å². The van der Waals surface area contributed by atoms with Crippen LogP contribution in [0, 0.1) is 5.92 Å². The molecule has 33 heavy (non-hydrogen) atoms. The molecule has 2 heterocycles. The number of sulfonamides is 1. The van der Waals surface area contributed by atoms with Crippen LogP contribution in [-0.2, 0) is 15.8 Å². The highest BCUT2D eigenvalue weighted by atomic mass is 32.2. The summed E-state index contributed by atoms with van der Waals surface area (Å²) in [6.07, 6.45) is 0.865. The number of aromatic nitrogens is 2. The Balaban J connectivity index is 1.17. The molecular weight excluding hydrogens is 444 g/mol. The van der Waals surface area contributed by atoms with Crippen molar-refractivity contribution in [1.29, 1.82) is 0 Å². The normalized spacial score (nSPS) is 16.8. The molecule has 1 aliphatic heterocycles. The number of nitrogens with zero attached hydrogens (tertiary/aromatic N) is 1. The van der Waals surface area contributed by atoms with E-state index < -0.39 is 16.1 Å². The predicted molar refractivity (Wildman–Crippen MR) is 127 cm³/mol. The van der Waals surface area contributed by atoms with Gasteiger partial charge in [-0.3, -0.25) is 0 Å². The fraction of sp³-hybridized carbons (Fsp3) is 0.435. The maximum atomic E-state index is 12.7. The molecule has 4 rings (SSSR count). The number of hydrogen-bond acceptors (Lipinski definition) is 6. The smallest absolute Gasteiger partial charge is 0.323 e. The molecule has 2 aromatic carbocycles. The number of rotatable bonds is 10. The number of nitrogens with one attached hydrogen (secondary N) is 3. The lowest BCUT2D eigenvalue weighted by atomic mass is 9.98. The van der Waals surface area contributed by atoms with E-state index in [1.807, 2.05) is 30.3 Å². The molecule has 3 aromatic rings. The van der Waals surface area contributed by atoms with Crippen molar-refractivity contribution in [2.75, 3.05) is 32.8 Å². The van der Waals surface area contributed by atoms with Gasteiger partial charge in [-0.05, 0) is 43.0 Å². The van der Waals surface area contributed by atoms with E-state index in [9.17, 15) is 18.3 Å². The molecule has 1 saturated heterocycles. The number of aliphatic hydroxyl groups is 1. The molecule has 9 nitrogen and oxygen atoms in total. The molecule has 0 unspecified atom stereocenters. The molecule has 0 radical (unpaired) electrons. The van der Waals surface area contributed by atoms with Crippen molar-refractivity contribution in [3.63, 3.8) is 0 Å². The largest absolute Gasteiger partial charge is 0.489 e. The van der Waals surface area contributed by atoms with Crippen molar-refractivity contribution in [3.8, 4) is 5.75 Å². The molecule has 0 spiro atoms. The van der Waals surface area contributed by atoms with Crippen molar-refractivity contribution in [2.24, 2.45) is 5.92 Å². The lowest BCUT2D eigenvalue weighted by molar-refractivity contribution is 0.105. The Morgan fingerprint density at radius 2 is 1.85 bits per heavy atom. The third-order valence-electron chi connectivity index (χ3n) is 5.92. The average Bonchev–Trinajstić information content (AvgIpc) is 3.19. The third kappa shape index (κ3) is 6.23. The van der Waals surface area contributed by atoms with Crippen molar-refractivity contribution in [3.05, 3.63) is 64.6 Å². The van der Waals surface area contributed by atoms with E-state index in [4.69, 9.17) is 4.74 Å². The first-order valence-electron chi connectivity index (χ1n) is 11.1. The first-order valence-corrected chi connectivity index (χ1v) is 12.8. The standard InChI is InChI=1S/C23H30N4O5S/c28-19(15-32-21-8-4-7-20-22(21)26-23(29)25-20)14-24-13-17-9-11-27(12-10-17)33(30,31)16-18-5-2-1-3-6-18/h1-8,17,19,24,28H,9-16H2,(H2,25,26,29)/t19-/m0/s1. The van der Waals surface area contributed by atoms with E-state index in [-0.39, 0.29) is 18.0 Å². The molecular formula is C23H30N4O5S. The summed E-state index contributed by atoms with van der Waals surface area (Å²) in [6.45, 7) is 2.21. The lowest BCUT2D eigenvalue weighted by Gasteiger charge is -2.31. The highest BCUT2D eigenvalue weighted by molar-refractivity contribution is 7.88. The molecule has 1 aromatic heterocycles. The number of aliphatic hydroxyl groups excluding tert-OH is 1. The molecule has 0 saturated carbocycles. The Kier molecular flexibility index (Phi) is 7.49. The second-order valence-corrected chi connectivity index (χ2v) is 10.4. The number of benzene rings is 2. The number of piperidine rings is 1. The van der Waals surface area contributed by atoms with Gasteiger partial charge >= 0.3 is 5.69 Å². The van der Waals surface area contributed by atoms with Crippen LogP contribution in [0.4, 0.5) is 0 Å². The van der Waals surface area contributed by atoms with Crippen LogP contribution in [0.3, 0.4) is 0 Å². The highest BCUT2D eigenvalue weighted by Crippen LogP contribution is 2.22. The SMILES string of the molecule is O=c1[nH]c2cccc(OC[C@@H](O)CNCC3CCN(S(=O)(=O)Cc4ccccc4)CC3)c2[nH]1. The summed E-state index contributed by atoms with van der Waals surface area (Å²) in [5.41, 5.74) is 1.73. The maximum absolute atomic E-state index is 12.7. The van der Waals surface area contributed by atoms with Crippen molar-refractivity contribution < 1.29 is 18.3 Å². The molecule has 0 bridgehead atoms. The van der Waals surface area contributed by atoms with Gasteiger partial charge < -0.3 is 25.1 Å². The van der Waals surface area contributed by atoms with Gasteiger partial charge in [0.15, 0.2) is 0 Å². The summed E-state index contributed by atoms with van der Waals surface area (Å²) in [4.78, 5) is 16.8. The van der Waals surface area contributed by atoms with Crippen molar-refractivity contribution in [2.45, 2.75) is 24.7 Å². The van der Waals surface area contributed by atoms with Gasteiger partial charge in [0.25, 0.3) is 0 Å². The average molecular weight is 475 g/mol. The summed E-state index contributed by atoms with van der Waals surface area (Å²) < 4.78 is 32.6. The first kappa shape index (κ1) is 23.5. The number of ether oxygens (including phenoxy) is 1. The topological polar surface area (TPSA) is 128 Å². The van der Waals surface area contributed by atoms with E-state index in [1.54, 1.807) is 22.5 Å². The third-order valence-corrected chi connectivity index (χ3v) is 7.77. The summed E-state index contributed by atoms with van der Waals surface area (Å²) in [6, 6.07) is 14.5. The van der Waals surface area contributed by atoms with E-state index >= 15 is 0 Å². The van der Waals surface area contributed by atoms with E-state index in [2.05, 4.69) is 15.3 Å². The zero-order valence-electron chi connectivity index (χ0n) is 18.4.